The molecule has 1 heterocycles. The second kappa shape index (κ2) is 6.33. The number of benzene rings is 1. The highest BCUT2D eigenvalue weighted by molar-refractivity contribution is 5.40. The van der Waals surface area contributed by atoms with E-state index < -0.39 is 0 Å². The number of hydrogen-bond donors (Lipinski definition) is 1. The van der Waals surface area contributed by atoms with Crippen molar-refractivity contribution in [2.24, 2.45) is 0 Å². The number of nitrogens with one attached hydrogen (secondary N) is 1. The Morgan fingerprint density at radius 3 is 2.89 bits per heavy atom. The first kappa shape index (κ1) is 12.8. The van der Waals surface area contributed by atoms with Gasteiger partial charge in [0.25, 0.3) is 0 Å². The second-order valence-electron chi connectivity index (χ2n) is 4.09. The Hall–Kier alpha value is -1.65. The summed E-state index contributed by atoms with van der Waals surface area (Å²) in [6.07, 6.45) is 1.99. The van der Waals surface area contributed by atoms with Crippen LogP contribution < -0.4 is 5.32 Å². The van der Waals surface area contributed by atoms with E-state index in [4.69, 9.17) is 4.74 Å². The maximum Gasteiger partial charge on any atom is 0.0766 e. The lowest BCUT2D eigenvalue weighted by Crippen LogP contribution is -2.12. The molecule has 0 spiro atoms. The highest BCUT2D eigenvalue weighted by Crippen LogP contribution is 2.14. The van der Waals surface area contributed by atoms with Gasteiger partial charge in [-0.05, 0) is 18.7 Å². The summed E-state index contributed by atoms with van der Waals surface area (Å²) in [7, 11) is 1.70. The predicted molar refractivity (Wildman–Crippen MR) is 71.7 cm³/mol. The van der Waals surface area contributed by atoms with Gasteiger partial charge in [0.1, 0.15) is 0 Å². The predicted octanol–water partition coefficient (Wildman–Crippen LogP) is 2.13. The van der Waals surface area contributed by atoms with E-state index in [9.17, 15) is 0 Å². The number of para-hydroxylation sites is 1. The zero-order valence-electron chi connectivity index (χ0n) is 10.9. The summed E-state index contributed by atoms with van der Waals surface area (Å²) >= 11 is 0. The molecular formula is C14H19N3O. The van der Waals surface area contributed by atoms with Gasteiger partial charge in [-0.25, -0.2) is 4.68 Å². The molecular weight excluding hydrogens is 226 g/mol. The zero-order chi connectivity index (χ0) is 12.8. The molecule has 0 atom stereocenters. The average molecular weight is 245 g/mol. The molecule has 0 aliphatic heterocycles. The van der Waals surface area contributed by atoms with Gasteiger partial charge in [0.2, 0.25) is 0 Å². The van der Waals surface area contributed by atoms with Crippen molar-refractivity contribution in [1.82, 2.24) is 15.1 Å². The molecule has 0 aliphatic carbocycles. The van der Waals surface area contributed by atoms with Crippen molar-refractivity contribution in [3.8, 4) is 5.69 Å². The maximum absolute atomic E-state index is 5.21. The van der Waals surface area contributed by atoms with E-state index in [0.717, 1.165) is 30.0 Å². The van der Waals surface area contributed by atoms with Crippen molar-refractivity contribution < 1.29 is 4.74 Å². The molecule has 1 aromatic carbocycles. The topological polar surface area (TPSA) is 39.1 Å². The van der Waals surface area contributed by atoms with Crippen LogP contribution in [0.1, 0.15) is 18.2 Å². The normalized spacial score (nSPS) is 10.8. The van der Waals surface area contributed by atoms with Crippen LogP contribution in [0.15, 0.2) is 36.5 Å². The van der Waals surface area contributed by atoms with Gasteiger partial charge in [-0.3, -0.25) is 0 Å². The van der Waals surface area contributed by atoms with Gasteiger partial charge in [-0.2, -0.15) is 5.10 Å². The molecule has 18 heavy (non-hydrogen) atoms. The van der Waals surface area contributed by atoms with Crippen molar-refractivity contribution in [2.45, 2.75) is 20.1 Å². The van der Waals surface area contributed by atoms with Crippen LogP contribution in [0.4, 0.5) is 0 Å². The largest absolute Gasteiger partial charge is 0.380 e. The van der Waals surface area contributed by atoms with Gasteiger partial charge >= 0.3 is 0 Å². The van der Waals surface area contributed by atoms with Crippen LogP contribution in [0.5, 0.6) is 0 Å². The van der Waals surface area contributed by atoms with Crippen molar-refractivity contribution >= 4 is 0 Å². The fourth-order valence-corrected chi connectivity index (χ4v) is 1.86. The molecule has 0 saturated carbocycles. The van der Waals surface area contributed by atoms with Crippen molar-refractivity contribution in [3.63, 3.8) is 0 Å². The molecule has 1 N–H and O–H groups in total. The average Bonchev–Trinajstić information content (AvgIpc) is 2.86. The van der Waals surface area contributed by atoms with Crippen LogP contribution in [0.2, 0.25) is 0 Å². The summed E-state index contributed by atoms with van der Waals surface area (Å²) < 4.78 is 7.11. The minimum Gasteiger partial charge on any atom is -0.380 e. The Balaban J connectivity index is 2.22. The smallest absolute Gasteiger partial charge is 0.0766 e. The van der Waals surface area contributed by atoms with Crippen LogP contribution in [0.3, 0.4) is 0 Å². The lowest BCUT2D eigenvalue weighted by atomic mass is 10.2. The number of rotatable bonds is 6. The molecule has 4 nitrogen and oxygen atoms in total. The fourth-order valence-electron chi connectivity index (χ4n) is 1.86. The lowest BCUT2D eigenvalue weighted by Gasteiger charge is -2.08. The fraction of sp³-hybridized carbons (Fsp3) is 0.357. The number of methoxy groups -OCH3 is 1. The summed E-state index contributed by atoms with van der Waals surface area (Å²) in [5.74, 6) is 0. The van der Waals surface area contributed by atoms with Crippen LogP contribution >= 0.6 is 0 Å². The van der Waals surface area contributed by atoms with Gasteiger partial charge in [0.05, 0.1) is 18.0 Å². The quantitative estimate of drug-likeness (QED) is 0.847. The maximum atomic E-state index is 5.21. The van der Waals surface area contributed by atoms with E-state index >= 15 is 0 Å². The third kappa shape index (κ3) is 2.97. The molecule has 0 aliphatic rings. The molecule has 96 valence electrons. The number of ether oxygens (including phenoxy) is 1. The number of hydrogen-bond acceptors (Lipinski definition) is 3. The Morgan fingerprint density at radius 2 is 2.11 bits per heavy atom. The molecule has 4 heteroatoms. The molecule has 0 radical (unpaired) electrons. The third-order valence-corrected chi connectivity index (χ3v) is 2.74. The first-order valence-electron chi connectivity index (χ1n) is 6.17. The van der Waals surface area contributed by atoms with E-state index in [1.54, 1.807) is 7.11 Å². The summed E-state index contributed by atoms with van der Waals surface area (Å²) in [6.45, 7) is 4.44. The third-order valence-electron chi connectivity index (χ3n) is 2.74. The molecule has 0 saturated heterocycles. The molecule has 0 fully saturated rings. The molecule has 0 amide bonds. The van der Waals surface area contributed by atoms with E-state index in [1.807, 2.05) is 29.1 Å². The Labute approximate surface area is 108 Å². The first-order valence-corrected chi connectivity index (χ1v) is 6.17. The standard InChI is InChI=1S/C14H19N3O/c1-3-15-10-13-8-9-17(16-13)14-7-5-4-6-12(14)11-18-2/h4-9,15H,3,10-11H2,1-2H3. The highest BCUT2D eigenvalue weighted by atomic mass is 16.5. The van der Waals surface area contributed by atoms with Gasteiger partial charge in [-0.15, -0.1) is 0 Å². The summed E-state index contributed by atoms with van der Waals surface area (Å²) in [4.78, 5) is 0. The van der Waals surface area contributed by atoms with Gasteiger partial charge < -0.3 is 10.1 Å². The van der Waals surface area contributed by atoms with Gasteiger partial charge in [0.15, 0.2) is 0 Å². The second-order valence-corrected chi connectivity index (χ2v) is 4.09. The Bertz CT molecular complexity index is 493. The lowest BCUT2D eigenvalue weighted by molar-refractivity contribution is 0.184. The molecule has 1 aromatic heterocycles. The van der Waals surface area contributed by atoms with Gasteiger partial charge in [-0.1, -0.05) is 25.1 Å². The first-order chi connectivity index (χ1) is 8.85. The van der Waals surface area contributed by atoms with Gasteiger partial charge in [0, 0.05) is 25.4 Å². The number of aromatic nitrogens is 2. The zero-order valence-corrected chi connectivity index (χ0v) is 10.9. The van der Waals surface area contributed by atoms with E-state index in [0.29, 0.717) is 6.61 Å². The van der Waals surface area contributed by atoms with E-state index in [2.05, 4.69) is 29.5 Å². The van der Waals surface area contributed by atoms with E-state index in [-0.39, 0.29) is 0 Å². The Kier molecular flexibility index (Phi) is 4.50. The summed E-state index contributed by atoms with van der Waals surface area (Å²) in [5.41, 5.74) is 3.25. The molecule has 0 bridgehead atoms. The number of nitrogens with zero attached hydrogens (tertiary/aromatic N) is 2. The van der Waals surface area contributed by atoms with Crippen molar-refractivity contribution in [1.29, 1.82) is 0 Å². The monoisotopic (exact) mass is 245 g/mol. The summed E-state index contributed by atoms with van der Waals surface area (Å²) in [6, 6.07) is 10.2. The molecule has 2 aromatic rings. The minimum absolute atomic E-state index is 0.596. The SMILES string of the molecule is CCNCc1ccn(-c2ccccc2COC)n1. The van der Waals surface area contributed by atoms with Crippen molar-refractivity contribution in [3.05, 3.63) is 47.8 Å². The minimum atomic E-state index is 0.596. The van der Waals surface area contributed by atoms with Crippen molar-refractivity contribution in [2.75, 3.05) is 13.7 Å². The van der Waals surface area contributed by atoms with Crippen LogP contribution in [-0.4, -0.2) is 23.4 Å². The van der Waals surface area contributed by atoms with E-state index in [1.165, 1.54) is 0 Å². The van der Waals surface area contributed by atoms with Crippen LogP contribution in [-0.2, 0) is 17.9 Å². The highest BCUT2D eigenvalue weighted by Gasteiger charge is 2.05. The van der Waals surface area contributed by atoms with Crippen LogP contribution in [0, 0.1) is 0 Å². The molecule has 0 unspecified atom stereocenters. The Morgan fingerprint density at radius 1 is 1.28 bits per heavy atom. The molecule has 2 rings (SSSR count). The van der Waals surface area contributed by atoms with Crippen LogP contribution in [0.25, 0.3) is 5.69 Å². The summed E-state index contributed by atoms with van der Waals surface area (Å²) in [5, 5.41) is 7.83.